The van der Waals surface area contributed by atoms with E-state index in [9.17, 15) is 9.59 Å². The van der Waals surface area contributed by atoms with Gasteiger partial charge in [0.2, 0.25) is 11.8 Å². The van der Waals surface area contributed by atoms with Crippen molar-refractivity contribution in [2.45, 2.75) is 61.8 Å². The average molecular weight is 332 g/mol. The number of amides is 2. The van der Waals surface area contributed by atoms with E-state index in [4.69, 9.17) is 0 Å². The van der Waals surface area contributed by atoms with Gasteiger partial charge in [-0.3, -0.25) is 14.5 Å². The highest BCUT2D eigenvalue weighted by atomic mass is 16.2. The lowest BCUT2D eigenvalue weighted by Crippen LogP contribution is -2.34. The zero-order chi connectivity index (χ0) is 18.7. The van der Waals surface area contributed by atoms with E-state index in [0.29, 0.717) is 12.1 Å². The van der Waals surface area contributed by atoms with Gasteiger partial charge in [-0.2, -0.15) is 0 Å². The maximum atomic E-state index is 13.1. The minimum atomic E-state index is -0.288. The monoisotopic (exact) mass is 331 g/mol. The molecule has 0 spiro atoms. The number of imide groups is 1. The number of hydrogen-bond acceptors (Lipinski definition) is 2. The molecule has 2 amide bonds. The van der Waals surface area contributed by atoms with Crippen LogP contribution < -0.4 is 0 Å². The van der Waals surface area contributed by atoms with Gasteiger partial charge in [0.15, 0.2) is 0 Å². The Morgan fingerprint density at radius 2 is 1.58 bits per heavy atom. The number of nitrogens with zero attached hydrogens (tertiary/aromatic N) is 1. The normalized spacial score (nSPS) is 24.0. The molecule has 1 fully saturated rings. The van der Waals surface area contributed by atoms with Crippen molar-refractivity contribution < 1.29 is 9.59 Å². The van der Waals surface area contributed by atoms with Gasteiger partial charge in [-0.1, -0.05) is 59.8 Å². The zero-order valence-electron chi connectivity index (χ0n) is 16.5. The Balaban J connectivity index is 3.39. The standard InChI is InChI=1S/C21H33NO2/c1-9-11-13-15(12-10-2)22-18(23)16(14-20(3,4)5)17(19(22)24)21(6,7)8/h9-13,16-17H,14H2,1-8H3/b11-9-,12-10-,15-13+. The van der Waals surface area contributed by atoms with E-state index in [1.807, 2.05) is 65.0 Å². The molecule has 0 aliphatic carbocycles. The van der Waals surface area contributed by atoms with E-state index in [2.05, 4.69) is 20.8 Å². The summed E-state index contributed by atoms with van der Waals surface area (Å²) in [6.45, 7) is 16.3. The van der Waals surface area contributed by atoms with Gasteiger partial charge in [-0.15, -0.1) is 0 Å². The lowest BCUT2D eigenvalue weighted by atomic mass is 9.70. The first-order valence-electron chi connectivity index (χ1n) is 8.77. The van der Waals surface area contributed by atoms with Gasteiger partial charge < -0.3 is 0 Å². The zero-order valence-corrected chi connectivity index (χ0v) is 16.5. The van der Waals surface area contributed by atoms with Gasteiger partial charge in [0.05, 0.1) is 17.5 Å². The SMILES string of the molecule is C\C=C/C=C(\C=C/C)N1C(=O)C(CC(C)(C)C)C(C(C)(C)C)C1=O. The first-order chi connectivity index (χ1) is 10.9. The fraction of sp³-hybridized carbons (Fsp3) is 0.619. The number of likely N-dealkylation sites (tertiary alicyclic amines) is 1. The Bertz CT molecular complexity index is 568. The molecule has 0 aromatic rings. The maximum absolute atomic E-state index is 13.1. The third kappa shape index (κ3) is 4.68. The van der Waals surface area contributed by atoms with E-state index < -0.39 is 0 Å². The number of allylic oxidation sites excluding steroid dienone is 5. The Morgan fingerprint density at radius 3 is 2.00 bits per heavy atom. The minimum absolute atomic E-state index is 0.00604. The van der Waals surface area contributed by atoms with Crippen LogP contribution in [0.15, 0.2) is 36.1 Å². The molecule has 134 valence electrons. The van der Waals surface area contributed by atoms with Crippen molar-refractivity contribution in [3.63, 3.8) is 0 Å². The molecule has 0 radical (unpaired) electrons. The molecule has 3 heteroatoms. The number of carbonyl (C=O) groups excluding carboxylic acids is 2. The van der Waals surface area contributed by atoms with Crippen LogP contribution >= 0.6 is 0 Å². The molecule has 0 aromatic heterocycles. The second kappa shape index (κ2) is 7.50. The van der Waals surface area contributed by atoms with Crippen LogP contribution in [0.2, 0.25) is 0 Å². The van der Waals surface area contributed by atoms with Gasteiger partial charge in [0.1, 0.15) is 0 Å². The van der Waals surface area contributed by atoms with Crippen LogP contribution in [0.3, 0.4) is 0 Å². The summed E-state index contributed by atoms with van der Waals surface area (Å²) in [7, 11) is 0. The van der Waals surface area contributed by atoms with Crippen molar-refractivity contribution in [3.8, 4) is 0 Å². The molecule has 0 aromatic carbocycles. The van der Waals surface area contributed by atoms with Crippen LogP contribution in [0.5, 0.6) is 0 Å². The summed E-state index contributed by atoms with van der Waals surface area (Å²) in [6.07, 6.45) is 9.98. The third-order valence-corrected chi connectivity index (χ3v) is 4.25. The van der Waals surface area contributed by atoms with Crippen LogP contribution in [0.4, 0.5) is 0 Å². The highest BCUT2D eigenvalue weighted by Crippen LogP contribution is 2.45. The summed E-state index contributed by atoms with van der Waals surface area (Å²) < 4.78 is 0. The molecule has 0 N–H and O–H groups in total. The molecule has 0 bridgehead atoms. The predicted octanol–water partition coefficient (Wildman–Crippen LogP) is 5.11. The summed E-state index contributed by atoms with van der Waals surface area (Å²) in [5.74, 6) is -0.695. The summed E-state index contributed by atoms with van der Waals surface area (Å²) in [4.78, 5) is 27.7. The Hall–Kier alpha value is -1.64. The largest absolute Gasteiger partial charge is 0.274 e. The highest BCUT2D eigenvalue weighted by molar-refractivity contribution is 6.07. The lowest BCUT2D eigenvalue weighted by Gasteiger charge is -2.31. The molecule has 1 heterocycles. The van der Waals surface area contributed by atoms with Crippen LogP contribution in [-0.2, 0) is 9.59 Å². The molecule has 2 unspecified atom stereocenters. The summed E-state index contributed by atoms with van der Waals surface area (Å²) in [5, 5.41) is 0. The first kappa shape index (κ1) is 20.4. The molecule has 1 saturated heterocycles. The van der Waals surface area contributed by atoms with Crippen LogP contribution in [0, 0.1) is 22.7 Å². The van der Waals surface area contributed by atoms with Crippen molar-refractivity contribution in [1.82, 2.24) is 4.90 Å². The molecule has 1 aliphatic heterocycles. The van der Waals surface area contributed by atoms with Crippen molar-refractivity contribution >= 4 is 11.8 Å². The number of carbonyl (C=O) groups is 2. The summed E-state index contributed by atoms with van der Waals surface area (Å²) >= 11 is 0. The van der Waals surface area contributed by atoms with Gasteiger partial charge in [-0.25, -0.2) is 0 Å². The van der Waals surface area contributed by atoms with Crippen LogP contribution in [0.25, 0.3) is 0 Å². The van der Waals surface area contributed by atoms with E-state index in [-0.39, 0.29) is 34.5 Å². The van der Waals surface area contributed by atoms with Crippen LogP contribution in [0.1, 0.15) is 61.8 Å². The highest BCUT2D eigenvalue weighted by Gasteiger charge is 2.53. The topological polar surface area (TPSA) is 37.4 Å². The Labute approximate surface area is 147 Å². The minimum Gasteiger partial charge on any atom is -0.274 e. The van der Waals surface area contributed by atoms with Gasteiger partial charge in [0, 0.05) is 0 Å². The second-order valence-electron chi connectivity index (χ2n) is 8.84. The molecular weight excluding hydrogens is 298 g/mol. The molecular formula is C21H33NO2. The van der Waals surface area contributed by atoms with E-state index in [0.717, 1.165) is 0 Å². The molecule has 1 aliphatic rings. The summed E-state index contributed by atoms with van der Waals surface area (Å²) in [5.41, 5.74) is 0.392. The quantitative estimate of drug-likeness (QED) is 0.530. The number of rotatable bonds is 4. The average Bonchev–Trinajstić information content (AvgIpc) is 2.64. The predicted molar refractivity (Wildman–Crippen MR) is 100 cm³/mol. The maximum Gasteiger partial charge on any atom is 0.238 e. The van der Waals surface area contributed by atoms with Crippen molar-refractivity contribution in [2.24, 2.45) is 22.7 Å². The van der Waals surface area contributed by atoms with Gasteiger partial charge in [-0.05, 0) is 43.3 Å². The fourth-order valence-electron chi connectivity index (χ4n) is 3.39. The Morgan fingerprint density at radius 1 is 1.00 bits per heavy atom. The van der Waals surface area contributed by atoms with Crippen molar-refractivity contribution in [1.29, 1.82) is 0 Å². The first-order valence-corrected chi connectivity index (χ1v) is 8.77. The van der Waals surface area contributed by atoms with Crippen LogP contribution in [-0.4, -0.2) is 16.7 Å². The van der Waals surface area contributed by atoms with E-state index in [1.165, 1.54) is 4.90 Å². The lowest BCUT2D eigenvalue weighted by molar-refractivity contribution is -0.137. The third-order valence-electron chi connectivity index (χ3n) is 4.25. The second-order valence-corrected chi connectivity index (χ2v) is 8.84. The fourth-order valence-corrected chi connectivity index (χ4v) is 3.39. The van der Waals surface area contributed by atoms with E-state index >= 15 is 0 Å². The van der Waals surface area contributed by atoms with Gasteiger partial charge >= 0.3 is 0 Å². The molecule has 2 atom stereocenters. The van der Waals surface area contributed by atoms with Gasteiger partial charge in [0.25, 0.3) is 0 Å². The molecule has 0 saturated carbocycles. The summed E-state index contributed by atoms with van der Waals surface area (Å²) in [6, 6.07) is 0. The van der Waals surface area contributed by atoms with E-state index in [1.54, 1.807) is 0 Å². The molecule has 24 heavy (non-hydrogen) atoms. The van der Waals surface area contributed by atoms with Crippen molar-refractivity contribution in [3.05, 3.63) is 36.1 Å². The Kier molecular flexibility index (Phi) is 6.38. The molecule has 3 nitrogen and oxygen atoms in total. The smallest absolute Gasteiger partial charge is 0.238 e. The van der Waals surface area contributed by atoms with Crippen molar-refractivity contribution in [2.75, 3.05) is 0 Å². The molecule has 1 rings (SSSR count). The number of hydrogen-bond donors (Lipinski definition) is 0.